The summed E-state index contributed by atoms with van der Waals surface area (Å²) in [5.41, 5.74) is 1.60. The van der Waals surface area contributed by atoms with Crippen molar-refractivity contribution in [3.05, 3.63) is 64.8 Å². The summed E-state index contributed by atoms with van der Waals surface area (Å²) in [7, 11) is 0. The molecule has 0 unspecified atom stereocenters. The fraction of sp³-hybridized carbons (Fsp3) is 0.105. The number of nitrogens with zero attached hydrogens (tertiary/aromatic N) is 1. The van der Waals surface area contributed by atoms with Gasteiger partial charge in [-0.2, -0.15) is 13.2 Å². The van der Waals surface area contributed by atoms with Gasteiger partial charge in [0.2, 0.25) is 0 Å². The highest BCUT2D eigenvalue weighted by Gasteiger charge is 2.31. The first-order chi connectivity index (χ1) is 12.7. The van der Waals surface area contributed by atoms with Crippen molar-refractivity contribution in [1.29, 1.82) is 0 Å². The molecule has 0 atom stereocenters. The molecule has 2 heterocycles. The van der Waals surface area contributed by atoms with Crippen LogP contribution >= 0.6 is 0 Å². The number of hydrogen-bond acceptors (Lipinski definition) is 4. The molecule has 0 saturated heterocycles. The molecule has 1 aromatic heterocycles. The standard InChI is InChI=1S/C19H12F3N3O2/c1-9-6-15(13-4-2-10(19(20,21)22)7-16(13)23-9)24-11-3-5-12-14(8-11)18(27)25-17(12)26/h2-8H,1H3,(H,23,24)(H,25,26,27). The molecule has 1 aliphatic heterocycles. The monoisotopic (exact) mass is 371 g/mol. The van der Waals surface area contributed by atoms with E-state index < -0.39 is 23.6 Å². The molecule has 0 bridgehead atoms. The Kier molecular flexibility index (Phi) is 3.66. The molecule has 5 nitrogen and oxygen atoms in total. The van der Waals surface area contributed by atoms with E-state index in [9.17, 15) is 22.8 Å². The van der Waals surface area contributed by atoms with Crippen molar-refractivity contribution in [1.82, 2.24) is 10.3 Å². The lowest BCUT2D eigenvalue weighted by Gasteiger charge is -2.13. The third-order valence-corrected chi connectivity index (χ3v) is 4.28. The Hall–Kier alpha value is -3.42. The second kappa shape index (κ2) is 5.80. The fourth-order valence-corrected chi connectivity index (χ4v) is 3.04. The number of amides is 2. The van der Waals surface area contributed by atoms with Gasteiger partial charge in [0.25, 0.3) is 11.8 Å². The van der Waals surface area contributed by atoms with E-state index in [1.165, 1.54) is 18.2 Å². The number of anilines is 2. The Balaban J connectivity index is 1.77. The van der Waals surface area contributed by atoms with E-state index in [4.69, 9.17) is 0 Å². The van der Waals surface area contributed by atoms with Gasteiger partial charge < -0.3 is 5.32 Å². The number of fused-ring (bicyclic) bond motifs is 2. The van der Waals surface area contributed by atoms with Gasteiger partial charge in [-0.3, -0.25) is 19.9 Å². The third-order valence-electron chi connectivity index (χ3n) is 4.28. The first kappa shape index (κ1) is 17.0. The highest BCUT2D eigenvalue weighted by atomic mass is 19.4. The van der Waals surface area contributed by atoms with Crippen LogP contribution in [-0.2, 0) is 6.18 Å². The average molecular weight is 371 g/mol. The number of pyridine rings is 1. The molecule has 2 N–H and O–H groups in total. The summed E-state index contributed by atoms with van der Waals surface area (Å²) in [5, 5.41) is 5.82. The van der Waals surface area contributed by atoms with Crippen molar-refractivity contribution < 1.29 is 22.8 Å². The summed E-state index contributed by atoms with van der Waals surface area (Å²) in [6, 6.07) is 9.74. The SMILES string of the molecule is Cc1cc(Nc2ccc3c(c2)C(=O)NC3=O)c2ccc(C(F)(F)F)cc2n1. The van der Waals surface area contributed by atoms with Crippen molar-refractivity contribution >= 4 is 34.1 Å². The second-order valence-corrected chi connectivity index (χ2v) is 6.21. The number of nitrogens with one attached hydrogen (secondary N) is 2. The van der Waals surface area contributed by atoms with Crippen LogP contribution in [0.25, 0.3) is 10.9 Å². The fourth-order valence-electron chi connectivity index (χ4n) is 3.04. The van der Waals surface area contributed by atoms with Crippen LogP contribution in [0.2, 0.25) is 0 Å². The maximum absolute atomic E-state index is 13.0. The Bertz CT molecular complexity index is 1120. The van der Waals surface area contributed by atoms with Gasteiger partial charge in [-0.1, -0.05) is 6.07 Å². The molecule has 2 amide bonds. The van der Waals surface area contributed by atoms with E-state index >= 15 is 0 Å². The van der Waals surface area contributed by atoms with Crippen molar-refractivity contribution in [2.24, 2.45) is 0 Å². The Labute approximate surface area is 151 Å². The van der Waals surface area contributed by atoms with Crippen LogP contribution in [0.5, 0.6) is 0 Å². The zero-order valence-electron chi connectivity index (χ0n) is 13.9. The summed E-state index contributed by atoms with van der Waals surface area (Å²) in [4.78, 5) is 27.6. The van der Waals surface area contributed by atoms with Crippen LogP contribution in [0.1, 0.15) is 32.0 Å². The van der Waals surface area contributed by atoms with Gasteiger partial charge in [0.1, 0.15) is 0 Å². The number of aromatic nitrogens is 1. The zero-order chi connectivity index (χ0) is 19.3. The van der Waals surface area contributed by atoms with Crippen LogP contribution in [0.15, 0.2) is 42.5 Å². The molecule has 0 aliphatic carbocycles. The quantitative estimate of drug-likeness (QED) is 0.663. The van der Waals surface area contributed by atoms with E-state index in [1.54, 1.807) is 19.1 Å². The van der Waals surface area contributed by atoms with Gasteiger partial charge in [-0.15, -0.1) is 0 Å². The molecule has 1 aliphatic rings. The average Bonchev–Trinajstić information content (AvgIpc) is 2.87. The van der Waals surface area contributed by atoms with Gasteiger partial charge in [0, 0.05) is 22.5 Å². The summed E-state index contributed by atoms with van der Waals surface area (Å²) in [5.74, 6) is -0.935. The number of aryl methyl sites for hydroxylation is 1. The Morgan fingerprint density at radius 1 is 0.963 bits per heavy atom. The van der Waals surface area contributed by atoms with E-state index in [2.05, 4.69) is 15.6 Å². The molecule has 0 fully saturated rings. The smallest absolute Gasteiger partial charge is 0.355 e. The number of imide groups is 1. The molecule has 3 aromatic rings. The molecule has 136 valence electrons. The molecule has 2 aromatic carbocycles. The number of alkyl halides is 3. The number of halogens is 3. The summed E-state index contributed by atoms with van der Waals surface area (Å²) in [6.07, 6.45) is -4.45. The number of hydrogen-bond donors (Lipinski definition) is 2. The topological polar surface area (TPSA) is 71.1 Å². The minimum Gasteiger partial charge on any atom is -0.355 e. The zero-order valence-corrected chi connectivity index (χ0v) is 13.9. The highest BCUT2D eigenvalue weighted by Crippen LogP contribution is 2.34. The first-order valence-electron chi connectivity index (χ1n) is 7.98. The number of benzene rings is 2. The second-order valence-electron chi connectivity index (χ2n) is 6.21. The molecular formula is C19H12F3N3O2. The van der Waals surface area contributed by atoms with Crippen LogP contribution in [0, 0.1) is 6.92 Å². The molecule has 0 saturated carbocycles. The number of carbonyl (C=O) groups excluding carboxylic acids is 2. The summed E-state index contributed by atoms with van der Waals surface area (Å²) >= 11 is 0. The third kappa shape index (κ3) is 2.99. The van der Waals surface area contributed by atoms with Gasteiger partial charge in [0.15, 0.2) is 0 Å². The Morgan fingerprint density at radius 2 is 1.70 bits per heavy atom. The van der Waals surface area contributed by atoms with E-state index in [1.807, 2.05) is 0 Å². The molecule has 0 radical (unpaired) electrons. The van der Waals surface area contributed by atoms with Gasteiger partial charge in [-0.05, 0) is 43.3 Å². The maximum Gasteiger partial charge on any atom is 0.416 e. The first-order valence-corrected chi connectivity index (χ1v) is 7.98. The van der Waals surface area contributed by atoms with E-state index in [0.717, 1.165) is 12.1 Å². The minimum absolute atomic E-state index is 0.210. The van der Waals surface area contributed by atoms with Crippen LogP contribution in [-0.4, -0.2) is 16.8 Å². The lowest BCUT2D eigenvalue weighted by molar-refractivity contribution is -0.137. The lowest BCUT2D eigenvalue weighted by Crippen LogP contribution is -2.19. The van der Waals surface area contributed by atoms with Gasteiger partial charge >= 0.3 is 6.18 Å². The predicted octanol–water partition coefficient (Wildman–Crippen LogP) is 4.19. The van der Waals surface area contributed by atoms with Crippen LogP contribution in [0.4, 0.5) is 24.5 Å². The van der Waals surface area contributed by atoms with Crippen molar-refractivity contribution in [3.8, 4) is 0 Å². The van der Waals surface area contributed by atoms with Crippen molar-refractivity contribution in [2.75, 3.05) is 5.32 Å². The molecule has 8 heteroatoms. The molecule has 27 heavy (non-hydrogen) atoms. The van der Waals surface area contributed by atoms with Gasteiger partial charge in [0.05, 0.1) is 22.2 Å². The summed E-state index contributed by atoms with van der Waals surface area (Å²) < 4.78 is 38.9. The molecule has 0 spiro atoms. The van der Waals surface area contributed by atoms with Crippen LogP contribution < -0.4 is 10.6 Å². The lowest BCUT2D eigenvalue weighted by atomic mass is 10.1. The Morgan fingerprint density at radius 3 is 2.44 bits per heavy atom. The van der Waals surface area contributed by atoms with E-state index in [0.29, 0.717) is 22.5 Å². The molecular weight excluding hydrogens is 359 g/mol. The van der Waals surface area contributed by atoms with Gasteiger partial charge in [-0.25, -0.2) is 0 Å². The van der Waals surface area contributed by atoms with Crippen molar-refractivity contribution in [2.45, 2.75) is 13.1 Å². The summed E-state index contributed by atoms with van der Waals surface area (Å²) in [6.45, 7) is 1.68. The van der Waals surface area contributed by atoms with E-state index in [-0.39, 0.29) is 16.6 Å². The molecule has 4 rings (SSSR count). The van der Waals surface area contributed by atoms with Crippen LogP contribution in [0.3, 0.4) is 0 Å². The number of rotatable bonds is 2. The highest BCUT2D eigenvalue weighted by molar-refractivity contribution is 6.21. The van der Waals surface area contributed by atoms with Crippen molar-refractivity contribution in [3.63, 3.8) is 0 Å². The largest absolute Gasteiger partial charge is 0.416 e. The maximum atomic E-state index is 13.0. The number of carbonyl (C=O) groups is 2. The predicted molar refractivity (Wildman–Crippen MR) is 93.0 cm³/mol. The normalized spacial score (nSPS) is 13.6. The minimum atomic E-state index is -4.45.